The third kappa shape index (κ3) is 4.06. The number of carbonyl (C=O) groups excluding carboxylic acids is 1. The molecule has 3 aromatic rings. The van der Waals surface area contributed by atoms with Crippen LogP contribution < -0.4 is 9.47 Å². The summed E-state index contributed by atoms with van der Waals surface area (Å²) < 4.78 is 12.9. The average Bonchev–Trinajstić information content (AvgIpc) is 3.21. The largest absolute Gasteiger partial charge is 0.486 e. The number of likely N-dealkylation sites (N-methyl/N-ethyl adjacent to an activating group) is 1. The molecule has 2 aromatic carbocycles. The second kappa shape index (κ2) is 8.00. The van der Waals surface area contributed by atoms with Crippen molar-refractivity contribution in [2.75, 3.05) is 20.3 Å². The fraction of sp³-hybridized carbons (Fsp3) is 0.182. The lowest BCUT2D eigenvalue weighted by Gasteiger charge is -2.20. The molecule has 0 fully saturated rings. The van der Waals surface area contributed by atoms with E-state index in [2.05, 4.69) is 5.10 Å². The molecule has 142 valence electrons. The quantitative estimate of drug-likeness (QED) is 0.642. The lowest BCUT2D eigenvalue weighted by molar-refractivity contribution is -0.125. The predicted molar refractivity (Wildman–Crippen MR) is 107 cm³/mol. The molecule has 0 saturated heterocycles. The molecule has 6 heteroatoms. The van der Waals surface area contributed by atoms with Gasteiger partial charge in [-0.3, -0.25) is 4.79 Å². The molecule has 28 heavy (non-hydrogen) atoms. The van der Waals surface area contributed by atoms with Crippen molar-refractivity contribution in [3.05, 3.63) is 78.1 Å². The SMILES string of the molecule is CN(Cc1ccc2c(c1)OCCO2)C(=O)C=Cc1cnn(-c2ccccc2)c1. The zero-order chi connectivity index (χ0) is 19.3. The van der Waals surface area contributed by atoms with Crippen LogP contribution in [0.4, 0.5) is 0 Å². The minimum atomic E-state index is -0.0812. The van der Waals surface area contributed by atoms with Gasteiger partial charge in [-0.25, -0.2) is 4.68 Å². The molecule has 0 bridgehead atoms. The molecule has 1 amide bonds. The van der Waals surface area contributed by atoms with E-state index in [0.717, 1.165) is 28.3 Å². The van der Waals surface area contributed by atoms with E-state index in [0.29, 0.717) is 19.8 Å². The van der Waals surface area contributed by atoms with Crippen molar-refractivity contribution < 1.29 is 14.3 Å². The molecule has 1 aromatic heterocycles. The van der Waals surface area contributed by atoms with Gasteiger partial charge < -0.3 is 14.4 Å². The van der Waals surface area contributed by atoms with Gasteiger partial charge in [0.2, 0.25) is 5.91 Å². The second-order valence-electron chi connectivity index (χ2n) is 6.56. The van der Waals surface area contributed by atoms with Crippen LogP contribution in [0.1, 0.15) is 11.1 Å². The minimum absolute atomic E-state index is 0.0812. The maximum atomic E-state index is 12.4. The van der Waals surface area contributed by atoms with Crippen molar-refractivity contribution in [1.29, 1.82) is 0 Å². The maximum Gasteiger partial charge on any atom is 0.246 e. The Balaban J connectivity index is 1.39. The van der Waals surface area contributed by atoms with Crippen LogP contribution in [0.5, 0.6) is 11.5 Å². The summed E-state index contributed by atoms with van der Waals surface area (Å²) in [5.74, 6) is 1.40. The van der Waals surface area contributed by atoms with Gasteiger partial charge in [0.1, 0.15) is 13.2 Å². The lowest BCUT2D eigenvalue weighted by Crippen LogP contribution is -2.24. The molecular weight excluding hydrogens is 354 g/mol. The Morgan fingerprint density at radius 3 is 2.75 bits per heavy atom. The molecule has 0 saturated carbocycles. The van der Waals surface area contributed by atoms with E-state index in [1.807, 2.05) is 54.7 Å². The van der Waals surface area contributed by atoms with E-state index in [1.165, 1.54) is 0 Å². The fourth-order valence-electron chi connectivity index (χ4n) is 2.98. The molecular formula is C22H21N3O3. The number of fused-ring (bicyclic) bond motifs is 1. The van der Waals surface area contributed by atoms with Gasteiger partial charge >= 0.3 is 0 Å². The zero-order valence-corrected chi connectivity index (χ0v) is 15.6. The summed E-state index contributed by atoms with van der Waals surface area (Å²) in [6, 6.07) is 15.6. The lowest BCUT2D eigenvalue weighted by atomic mass is 10.2. The number of hydrogen-bond acceptors (Lipinski definition) is 4. The van der Waals surface area contributed by atoms with Gasteiger partial charge in [0, 0.05) is 31.4 Å². The molecule has 2 heterocycles. The standard InChI is InChI=1S/C22H21N3O3/c1-24(15-17-7-9-20-21(13-17)28-12-11-27-20)22(26)10-8-18-14-23-25(16-18)19-5-3-2-4-6-19/h2-10,13-14,16H,11-12,15H2,1H3. The van der Waals surface area contributed by atoms with Gasteiger partial charge in [0.05, 0.1) is 11.9 Å². The van der Waals surface area contributed by atoms with E-state index in [1.54, 1.807) is 35.0 Å². The topological polar surface area (TPSA) is 56.6 Å². The first-order valence-corrected chi connectivity index (χ1v) is 9.11. The fourth-order valence-corrected chi connectivity index (χ4v) is 2.98. The van der Waals surface area contributed by atoms with Gasteiger partial charge in [-0.05, 0) is 35.9 Å². The summed E-state index contributed by atoms with van der Waals surface area (Å²) in [4.78, 5) is 14.1. The Morgan fingerprint density at radius 2 is 1.93 bits per heavy atom. The maximum absolute atomic E-state index is 12.4. The summed E-state index contributed by atoms with van der Waals surface area (Å²) in [6.45, 7) is 1.60. The number of nitrogens with zero attached hydrogens (tertiary/aromatic N) is 3. The first-order valence-electron chi connectivity index (χ1n) is 9.11. The van der Waals surface area contributed by atoms with Crippen molar-refractivity contribution in [3.63, 3.8) is 0 Å². The Kier molecular flexibility index (Phi) is 5.10. The van der Waals surface area contributed by atoms with Gasteiger partial charge in [0.15, 0.2) is 11.5 Å². The summed E-state index contributed by atoms with van der Waals surface area (Å²) in [7, 11) is 1.77. The third-order valence-corrected chi connectivity index (χ3v) is 4.44. The van der Waals surface area contributed by atoms with Crippen LogP contribution in [0.25, 0.3) is 11.8 Å². The third-order valence-electron chi connectivity index (χ3n) is 4.44. The number of carbonyl (C=O) groups is 1. The highest BCUT2D eigenvalue weighted by Gasteiger charge is 2.13. The first-order chi connectivity index (χ1) is 13.7. The Bertz CT molecular complexity index is 995. The minimum Gasteiger partial charge on any atom is -0.486 e. The van der Waals surface area contributed by atoms with Gasteiger partial charge in [-0.2, -0.15) is 5.10 Å². The van der Waals surface area contributed by atoms with Crippen molar-refractivity contribution >= 4 is 12.0 Å². The number of benzene rings is 2. The molecule has 0 atom stereocenters. The summed E-state index contributed by atoms with van der Waals surface area (Å²) in [5, 5.41) is 4.33. The van der Waals surface area contributed by atoms with Crippen LogP contribution in [0.2, 0.25) is 0 Å². The number of hydrogen-bond donors (Lipinski definition) is 0. The molecule has 6 nitrogen and oxygen atoms in total. The summed E-state index contributed by atoms with van der Waals surface area (Å²) in [6.07, 6.45) is 6.96. The first kappa shape index (κ1) is 17.9. The summed E-state index contributed by atoms with van der Waals surface area (Å²) >= 11 is 0. The molecule has 0 spiro atoms. The van der Waals surface area contributed by atoms with E-state index in [9.17, 15) is 4.79 Å². The van der Waals surface area contributed by atoms with E-state index in [4.69, 9.17) is 9.47 Å². The molecule has 0 aliphatic carbocycles. The van der Waals surface area contributed by atoms with Crippen LogP contribution in [0.3, 0.4) is 0 Å². The average molecular weight is 375 g/mol. The smallest absolute Gasteiger partial charge is 0.246 e. The van der Waals surface area contributed by atoms with Crippen LogP contribution in [0.15, 0.2) is 67.0 Å². The van der Waals surface area contributed by atoms with Gasteiger partial charge in [-0.1, -0.05) is 24.3 Å². The zero-order valence-electron chi connectivity index (χ0n) is 15.6. The normalized spacial score (nSPS) is 12.9. The highest BCUT2D eigenvalue weighted by molar-refractivity contribution is 5.91. The van der Waals surface area contributed by atoms with Gasteiger partial charge in [-0.15, -0.1) is 0 Å². The van der Waals surface area contributed by atoms with Crippen LogP contribution in [-0.2, 0) is 11.3 Å². The molecule has 0 N–H and O–H groups in total. The number of para-hydroxylation sites is 1. The molecule has 0 unspecified atom stereocenters. The number of amides is 1. The molecule has 1 aliphatic rings. The van der Waals surface area contributed by atoms with E-state index >= 15 is 0 Å². The summed E-state index contributed by atoms with van der Waals surface area (Å²) in [5.41, 5.74) is 2.83. The molecule has 1 aliphatic heterocycles. The van der Waals surface area contributed by atoms with Gasteiger partial charge in [0.25, 0.3) is 0 Å². The van der Waals surface area contributed by atoms with E-state index in [-0.39, 0.29) is 5.91 Å². The number of ether oxygens (including phenoxy) is 2. The number of aromatic nitrogens is 2. The van der Waals surface area contributed by atoms with Crippen LogP contribution in [0, 0.1) is 0 Å². The van der Waals surface area contributed by atoms with Crippen molar-refractivity contribution in [1.82, 2.24) is 14.7 Å². The van der Waals surface area contributed by atoms with E-state index < -0.39 is 0 Å². The molecule has 0 radical (unpaired) electrons. The van der Waals surface area contributed by atoms with Crippen molar-refractivity contribution in [3.8, 4) is 17.2 Å². The van der Waals surface area contributed by atoms with Crippen molar-refractivity contribution in [2.45, 2.75) is 6.54 Å². The monoisotopic (exact) mass is 375 g/mol. The van der Waals surface area contributed by atoms with Crippen LogP contribution in [-0.4, -0.2) is 40.8 Å². The second-order valence-corrected chi connectivity index (χ2v) is 6.56. The Morgan fingerprint density at radius 1 is 1.14 bits per heavy atom. The van der Waals surface area contributed by atoms with Crippen LogP contribution >= 0.6 is 0 Å². The highest BCUT2D eigenvalue weighted by atomic mass is 16.6. The molecule has 4 rings (SSSR count). The Hall–Kier alpha value is -3.54. The van der Waals surface area contributed by atoms with Crippen molar-refractivity contribution in [2.24, 2.45) is 0 Å². The number of rotatable bonds is 5. The Labute approximate surface area is 163 Å². The highest BCUT2D eigenvalue weighted by Crippen LogP contribution is 2.31. The predicted octanol–water partition coefficient (Wildman–Crippen LogP) is 3.32.